The molecule has 30 heavy (non-hydrogen) atoms. The molecule has 3 rings (SSSR count). The molecular formula is C24H22ClNO4. The summed E-state index contributed by atoms with van der Waals surface area (Å²) in [7, 11) is 0. The lowest BCUT2D eigenvalue weighted by Crippen LogP contribution is -2.23. The van der Waals surface area contributed by atoms with Crippen LogP contribution in [0.2, 0.25) is 5.02 Å². The summed E-state index contributed by atoms with van der Waals surface area (Å²) < 4.78 is 10.9. The number of hydrogen-bond acceptors (Lipinski definition) is 4. The van der Waals surface area contributed by atoms with Crippen molar-refractivity contribution in [1.82, 2.24) is 5.32 Å². The monoisotopic (exact) mass is 423 g/mol. The minimum atomic E-state index is -0.388. The second-order valence-corrected chi connectivity index (χ2v) is 7.26. The van der Waals surface area contributed by atoms with Crippen LogP contribution in [0.4, 0.5) is 0 Å². The van der Waals surface area contributed by atoms with E-state index in [0.29, 0.717) is 35.2 Å². The summed E-state index contributed by atoms with van der Waals surface area (Å²) in [5.74, 6) is 0.449. The lowest BCUT2D eigenvalue weighted by atomic mass is 10.1. The van der Waals surface area contributed by atoms with Gasteiger partial charge in [-0.1, -0.05) is 41.9 Å². The fraction of sp³-hybridized carbons (Fsp3) is 0.167. The Bertz CT molecular complexity index is 1060. The molecule has 0 bridgehead atoms. The molecule has 0 atom stereocenters. The molecule has 5 nitrogen and oxygen atoms in total. The van der Waals surface area contributed by atoms with Crippen LogP contribution in [-0.4, -0.2) is 11.9 Å². The molecule has 0 unspecified atom stereocenters. The topological polar surface area (TPSA) is 64.6 Å². The van der Waals surface area contributed by atoms with E-state index in [-0.39, 0.29) is 11.9 Å². The van der Waals surface area contributed by atoms with Crippen LogP contribution in [0.3, 0.4) is 0 Å². The van der Waals surface area contributed by atoms with Crippen molar-refractivity contribution in [1.29, 1.82) is 0 Å². The number of rotatable bonds is 7. The van der Waals surface area contributed by atoms with Gasteiger partial charge in [0.1, 0.15) is 18.1 Å². The van der Waals surface area contributed by atoms with E-state index >= 15 is 0 Å². The van der Waals surface area contributed by atoms with E-state index in [1.165, 1.54) is 6.92 Å². The third kappa shape index (κ3) is 6.09. The van der Waals surface area contributed by atoms with E-state index in [2.05, 4.69) is 5.32 Å². The lowest BCUT2D eigenvalue weighted by Gasteiger charge is -2.12. The van der Waals surface area contributed by atoms with Crippen molar-refractivity contribution >= 4 is 23.5 Å². The van der Waals surface area contributed by atoms with Crippen molar-refractivity contribution in [3.63, 3.8) is 0 Å². The number of halogens is 1. The normalized spacial score (nSPS) is 10.4. The highest BCUT2D eigenvalue weighted by Gasteiger charge is 2.11. The fourth-order valence-electron chi connectivity index (χ4n) is 2.89. The molecule has 154 valence electrons. The molecule has 6 heteroatoms. The first-order valence-electron chi connectivity index (χ1n) is 9.44. The molecule has 1 amide bonds. The van der Waals surface area contributed by atoms with Gasteiger partial charge in [-0.15, -0.1) is 0 Å². The minimum Gasteiger partial charge on any atom is -0.489 e. The number of esters is 1. The maximum atomic E-state index is 12.7. The van der Waals surface area contributed by atoms with E-state index in [0.717, 1.165) is 16.7 Å². The van der Waals surface area contributed by atoms with Gasteiger partial charge < -0.3 is 14.8 Å². The van der Waals surface area contributed by atoms with Crippen molar-refractivity contribution in [3.8, 4) is 11.5 Å². The molecule has 0 radical (unpaired) electrons. The Hall–Kier alpha value is -3.31. The maximum absolute atomic E-state index is 12.7. The fourth-order valence-corrected chi connectivity index (χ4v) is 3.10. The molecule has 3 aromatic carbocycles. The second kappa shape index (κ2) is 9.94. The molecule has 0 heterocycles. The van der Waals surface area contributed by atoms with Gasteiger partial charge in [-0.3, -0.25) is 9.59 Å². The third-order valence-corrected chi connectivity index (χ3v) is 4.60. The molecule has 0 aliphatic rings. The Morgan fingerprint density at radius 3 is 2.47 bits per heavy atom. The van der Waals surface area contributed by atoms with Gasteiger partial charge in [0, 0.05) is 24.1 Å². The summed E-state index contributed by atoms with van der Waals surface area (Å²) >= 11 is 6.00. The zero-order chi connectivity index (χ0) is 21.5. The minimum absolute atomic E-state index is 0.210. The molecule has 0 saturated heterocycles. The van der Waals surface area contributed by atoms with Crippen LogP contribution in [0, 0.1) is 6.92 Å². The van der Waals surface area contributed by atoms with E-state index in [4.69, 9.17) is 21.1 Å². The molecular weight excluding hydrogens is 402 g/mol. The molecule has 1 N–H and O–H groups in total. The van der Waals surface area contributed by atoms with Crippen LogP contribution in [0.15, 0.2) is 66.7 Å². The molecule has 0 fully saturated rings. The maximum Gasteiger partial charge on any atom is 0.308 e. The van der Waals surface area contributed by atoms with Gasteiger partial charge in [0.2, 0.25) is 0 Å². The van der Waals surface area contributed by atoms with Crippen LogP contribution >= 0.6 is 11.6 Å². The number of benzene rings is 3. The zero-order valence-electron chi connectivity index (χ0n) is 16.8. The molecule has 3 aromatic rings. The first-order chi connectivity index (χ1) is 14.4. The number of amides is 1. The summed E-state index contributed by atoms with van der Waals surface area (Å²) in [5, 5.41) is 3.54. The van der Waals surface area contributed by atoms with E-state index in [9.17, 15) is 9.59 Å². The van der Waals surface area contributed by atoms with Crippen LogP contribution in [0.25, 0.3) is 0 Å². The molecule has 0 saturated carbocycles. The molecule has 0 aliphatic carbocycles. The van der Waals surface area contributed by atoms with Crippen molar-refractivity contribution in [2.24, 2.45) is 0 Å². The average Bonchev–Trinajstić information content (AvgIpc) is 2.71. The Kier molecular flexibility index (Phi) is 7.09. The average molecular weight is 424 g/mol. The third-order valence-electron chi connectivity index (χ3n) is 4.36. The number of carbonyl (C=O) groups excluding carboxylic acids is 2. The van der Waals surface area contributed by atoms with E-state index in [1.807, 2.05) is 43.3 Å². The summed E-state index contributed by atoms with van der Waals surface area (Å²) in [6, 6.07) is 19.9. The van der Waals surface area contributed by atoms with Crippen LogP contribution < -0.4 is 14.8 Å². The van der Waals surface area contributed by atoms with Crippen LogP contribution in [0.5, 0.6) is 11.5 Å². The number of aryl methyl sites for hydroxylation is 1. The first kappa shape index (κ1) is 21.4. The number of carbonyl (C=O) groups is 2. The smallest absolute Gasteiger partial charge is 0.308 e. The molecule has 0 aliphatic heterocycles. The van der Waals surface area contributed by atoms with Gasteiger partial charge in [-0.05, 0) is 60.0 Å². The first-order valence-corrected chi connectivity index (χ1v) is 9.82. The van der Waals surface area contributed by atoms with Gasteiger partial charge in [0.15, 0.2) is 0 Å². The summed E-state index contributed by atoms with van der Waals surface area (Å²) in [6.07, 6.45) is 0. The summed E-state index contributed by atoms with van der Waals surface area (Å²) in [5.41, 5.74) is 3.15. The van der Waals surface area contributed by atoms with E-state index in [1.54, 1.807) is 30.3 Å². The van der Waals surface area contributed by atoms with Gasteiger partial charge >= 0.3 is 5.97 Å². The SMILES string of the molecule is CC(=O)Oc1cccc(CNC(=O)c2cc(OCc3cccc(Cl)c3)ccc2C)c1. The quantitative estimate of drug-likeness (QED) is 0.425. The van der Waals surface area contributed by atoms with Gasteiger partial charge in [-0.25, -0.2) is 0 Å². The summed E-state index contributed by atoms with van der Waals surface area (Å²) in [4.78, 5) is 23.8. The second-order valence-electron chi connectivity index (χ2n) is 6.82. The Morgan fingerprint density at radius 1 is 0.933 bits per heavy atom. The Balaban J connectivity index is 1.64. The highest BCUT2D eigenvalue weighted by Crippen LogP contribution is 2.20. The highest BCUT2D eigenvalue weighted by atomic mass is 35.5. The van der Waals surface area contributed by atoms with E-state index < -0.39 is 0 Å². The number of ether oxygens (including phenoxy) is 2. The van der Waals surface area contributed by atoms with Crippen molar-refractivity contribution in [2.75, 3.05) is 0 Å². The highest BCUT2D eigenvalue weighted by molar-refractivity contribution is 6.30. The molecule has 0 aromatic heterocycles. The lowest BCUT2D eigenvalue weighted by molar-refractivity contribution is -0.131. The predicted molar refractivity (Wildman–Crippen MR) is 116 cm³/mol. The van der Waals surface area contributed by atoms with Crippen LogP contribution in [-0.2, 0) is 17.9 Å². The van der Waals surface area contributed by atoms with Crippen molar-refractivity contribution in [2.45, 2.75) is 27.0 Å². The largest absolute Gasteiger partial charge is 0.489 e. The predicted octanol–water partition coefficient (Wildman–Crippen LogP) is 5.08. The number of hydrogen-bond donors (Lipinski definition) is 1. The van der Waals surface area contributed by atoms with Gasteiger partial charge in [0.05, 0.1) is 0 Å². The number of nitrogens with one attached hydrogen (secondary N) is 1. The van der Waals surface area contributed by atoms with Crippen molar-refractivity contribution in [3.05, 3.63) is 94.0 Å². The zero-order valence-corrected chi connectivity index (χ0v) is 17.5. The standard InChI is InChI=1S/C24H22ClNO4/c1-16-9-10-21(29-15-19-6-3-7-20(25)11-19)13-23(16)24(28)26-14-18-5-4-8-22(12-18)30-17(2)27/h3-13H,14-15H2,1-2H3,(H,26,28). The van der Waals surface area contributed by atoms with Gasteiger partial charge in [-0.2, -0.15) is 0 Å². The van der Waals surface area contributed by atoms with Gasteiger partial charge in [0.25, 0.3) is 5.91 Å². The van der Waals surface area contributed by atoms with Crippen LogP contribution in [0.1, 0.15) is 34.0 Å². The molecule has 0 spiro atoms. The Morgan fingerprint density at radius 2 is 1.70 bits per heavy atom. The Labute approximate surface area is 180 Å². The summed E-state index contributed by atoms with van der Waals surface area (Å²) in [6.45, 7) is 3.88. The van der Waals surface area contributed by atoms with Crippen molar-refractivity contribution < 1.29 is 19.1 Å².